The van der Waals surface area contributed by atoms with Crippen LogP contribution in [0.25, 0.3) is 0 Å². The van der Waals surface area contributed by atoms with Crippen LogP contribution < -0.4 is 0 Å². The summed E-state index contributed by atoms with van der Waals surface area (Å²) in [4.78, 5) is 0. The number of aryl methyl sites for hydroxylation is 2. The Morgan fingerprint density at radius 1 is 0.909 bits per heavy atom. The zero-order valence-electron chi connectivity index (χ0n) is 15.5. The van der Waals surface area contributed by atoms with E-state index in [9.17, 15) is 0 Å². The fraction of sp³-hybridized carbons (Fsp3) is 0.727. The molecule has 0 heteroatoms. The molecular formula is C22H38. The molecule has 0 N–H and O–H groups in total. The average Bonchev–Trinajstić information content (AvgIpc) is 2.97. The molecule has 126 valence electrons. The van der Waals surface area contributed by atoms with Crippen LogP contribution in [0, 0.1) is 11.8 Å². The second-order valence-corrected chi connectivity index (χ2v) is 7.04. The number of rotatable bonds is 7. The maximum Gasteiger partial charge on any atom is -0.0276 e. The summed E-state index contributed by atoms with van der Waals surface area (Å²) in [5, 5.41) is 0. The maximum atomic E-state index is 2.42. The van der Waals surface area contributed by atoms with E-state index in [1.54, 1.807) is 5.56 Å². The first-order valence-electron chi connectivity index (χ1n) is 9.79. The summed E-state index contributed by atoms with van der Waals surface area (Å²) in [6.45, 7) is 9.19. The van der Waals surface area contributed by atoms with E-state index in [2.05, 4.69) is 52.0 Å². The quantitative estimate of drug-likeness (QED) is 0.499. The first-order valence-corrected chi connectivity index (χ1v) is 9.79. The van der Waals surface area contributed by atoms with E-state index in [0.717, 1.165) is 11.8 Å². The van der Waals surface area contributed by atoms with Crippen LogP contribution in [0.3, 0.4) is 0 Å². The summed E-state index contributed by atoms with van der Waals surface area (Å²) in [5.74, 6) is 2.12. The van der Waals surface area contributed by atoms with Crippen LogP contribution >= 0.6 is 0 Å². The molecule has 0 nitrogen and oxygen atoms in total. The molecule has 0 heterocycles. The van der Waals surface area contributed by atoms with Gasteiger partial charge in [-0.25, -0.2) is 0 Å². The second-order valence-electron chi connectivity index (χ2n) is 7.04. The summed E-state index contributed by atoms with van der Waals surface area (Å²) in [6, 6.07) is 8.78. The minimum Gasteiger partial charge on any atom is -0.0654 e. The van der Waals surface area contributed by atoms with E-state index in [-0.39, 0.29) is 0 Å². The number of hydrogen-bond donors (Lipinski definition) is 0. The Balaban J connectivity index is 0.000000224. The third-order valence-corrected chi connectivity index (χ3v) is 5.27. The molecule has 1 unspecified atom stereocenters. The van der Waals surface area contributed by atoms with Gasteiger partial charge < -0.3 is 0 Å². The maximum absolute atomic E-state index is 2.42. The largest absolute Gasteiger partial charge is 0.0654 e. The van der Waals surface area contributed by atoms with Gasteiger partial charge in [0.1, 0.15) is 0 Å². The molecule has 22 heavy (non-hydrogen) atoms. The number of hydrogen-bond acceptors (Lipinski definition) is 0. The molecule has 1 saturated carbocycles. The van der Waals surface area contributed by atoms with Gasteiger partial charge in [-0.3, -0.25) is 0 Å². The van der Waals surface area contributed by atoms with Crippen molar-refractivity contribution in [3.05, 3.63) is 35.4 Å². The average molecular weight is 303 g/mol. The van der Waals surface area contributed by atoms with Crippen molar-refractivity contribution in [3.8, 4) is 0 Å². The Bertz CT molecular complexity index is 379. The van der Waals surface area contributed by atoms with Crippen LogP contribution in [-0.4, -0.2) is 0 Å². The van der Waals surface area contributed by atoms with Crippen LogP contribution in [0.1, 0.15) is 90.2 Å². The van der Waals surface area contributed by atoms with Gasteiger partial charge in [0.15, 0.2) is 0 Å². The highest BCUT2D eigenvalue weighted by atomic mass is 14.3. The lowest BCUT2D eigenvalue weighted by Crippen LogP contribution is -2.02. The van der Waals surface area contributed by atoms with Crippen LogP contribution in [-0.2, 0) is 12.8 Å². The van der Waals surface area contributed by atoms with Crippen molar-refractivity contribution in [2.45, 2.75) is 91.9 Å². The molecule has 2 rings (SSSR count). The molecule has 0 amide bonds. The molecule has 1 fully saturated rings. The van der Waals surface area contributed by atoms with Crippen molar-refractivity contribution in [3.63, 3.8) is 0 Å². The summed E-state index contributed by atoms with van der Waals surface area (Å²) in [6.07, 6.45) is 13.9. The van der Waals surface area contributed by atoms with E-state index in [1.807, 2.05) is 0 Å². The summed E-state index contributed by atoms with van der Waals surface area (Å²) in [5.41, 5.74) is 3.06. The lowest BCUT2D eigenvalue weighted by Gasteiger charge is -2.13. The normalized spacial score (nSPS) is 20.5. The van der Waals surface area contributed by atoms with Gasteiger partial charge in [0.2, 0.25) is 0 Å². The van der Waals surface area contributed by atoms with Gasteiger partial charge in [-0.2, -0.15) is 0 Å². The summed E-state index contributed by atoms with van der Waals surface area (Å²) < 4.78 is 0. The smallest absolute Gasteiger partial charge is 0.0276 e. The van der Waals surface area contributed by atoms with Crippen molar-refractivity contribution >= 4 is 0 Å². The van der Waals surface area contributed by atoms with Crippen molar-refractivity contribution in [1.82, 2.24) is 0 Å². The molecule has 0 saturated heterocycles. The Hall–Kier alpha value is -0.780. The van der Waals surface area contributed by atoms with Gasteiger partial charge in [-0.05, 0) is 42.2 Å². The predicted octanol–water partition coefficient (Wildman–Crippen LogP) is 7.20. The van der Waals surface area contributed by atoms with E-state index in [4.69, 9.17) is 0 Å². The van der Waals surface area contributed by atoms with E-state index < -0.39 is 0 Å². The molecule has 1 aliphatic rings. The zero-order chi connectivity index (χ0) is 16.2. The second kappa shape index (κ2) is 11.7. The topological polar surface area (TPSA) is 0 Å². The van der Waals surface area contributed by atoms with Crippen molar-refractivity contribution in [2.75, 3.05) is 0 Å². The molecule has 0 aromatic heterocycles. The predicted molar refractivity (Wildman–Crippen MR) is 100 cm³/mol. The minimum absolute atomic E-state index is 1.03. The Labute approximate surface area is 139 Å². The van der Waals surface area contributed by atoms with E-state index >= 15 is 0 Å². The van der Waals surface area contributed by atoms with Gasteiger partial charge in [-0.1, -0.05) is 96.9 Å². The molecule has 0 spiro atoms. The van der Waals surface area contributed by atoms with Crippen LogP contribution in [0.5, 0.6) is 0 Å². The van der Waals surface area contributed by atoms with Gasteiger partial charge >= 0.3 is 0 Å². The molecule has 1 aromatic rings. The number of benzene rings is 1. The highest BCUT2D eigenvalue weighted by Crippen LogP contribution is 2.34. The SMILES string of the molecule is CCCCC1CCC[C@@H]1C.CCCCc1ccccc1CC. The Kier molecular flexibility index (Phi) is 10.3. The lowest BCUT2D eigenvalue weighted by atomic mass is 9.93. The monoisotopic (exact) mass is 302 g/mol. The Morgan fingerprint density at radius 2 is 1.59 bits per heavy atom. The van der Waals surface area contributed by atoms with Crippen molar-refractivity contribution in [2.24, 2.45) is 11.8 Å². The fourth-order valence-corrected chi connectivity index (χ4v) is 3.63. The van der Waals surface area contributed by atoms with Crippen LogP contribution in [0.15, 0.2) is 24.3 Å². The highest BCUT2D eigenvalue weighted by molar-refractivity contribution is 5.26. The minimum atomic E-state index is 1.03. The molecule has 2 atom stereocenters. The van der Waals surface area contributed by atoms with Crippen LogP contribution in [0.2, 0.25) is 0 Å². The lowest BCUT2D eigenvalue weighted by molar-refractivity contribution is 0.380. The van der Waals surface area contributed by atoms with Gasteiger partial charge in [0, 0.05) is 0 Å². The highest BCUT2D eigenvalue weighted by Gasteiger charge is 2.21. The molecule has 0 aliphatic heterocycles. The molecule has 0 radical (unpaired) electrons. The third kappa shape index (κ3) is 6.99. The van der Waals surface area contributed by atoms with Crippen LogP contribution in [0.4, 0.5) is 0 Å². The molecule has 0 bridgehead atoms. The van der Waals surface area contributed by atoms with Crippen molar-refractivity contribution in [1.29, 1.82) is 0 Å². The number of unbranched alkanes of at least 4 members (excludes halogenated alkanes) is 2. The zero-order valence-corrected chi connectivity index (χ0v) is 15.5. The van der Waals surface area contributed by atoms with Gasteiger partial charge in [0.05, 0.1) is 0 Å². The van der Waals surface area contributed by atoms with Gasteiger partial charge in [0.25, 0.3) is 0 Å². The summed E-state index contributed by atoms with van der Waals surface area (Å²) >= 11 is 0. The van der Waals surface area contributed by atoms with Gasteiger partial charge in [-0.15, -0.1) is 0 Å². The van der Waals surface area contributed by atoms with E-state index in [0.29, 0.717) is 0 Å². The molecular weight excluding hydrogens is 264 g/mol. The van der Waals surface area contributed by atoms with E-state index in [1.165, 1.54) is 69.8 Å². The third-order valence-electron chi connectivity index (χ3n) is 5.27. The first kappa shape index (κ1) is 19.3. The molecule has 1 aromatic carbocycles. The fourth-order valence-electron chi connectivity index (χ4n) is 3.63. The Morgan fingerprint density at radius 3 is 2.14 bits per heavy atom. The summed E-state index contributed by atoms with van der Waals surface area (Å²) in [7, 11) is 0. The first-order chi connectivity index (χ1) is 10.7. The van der Waals surface area contributed by atoms with Crippen molar-refractivity contribution < 1.29 is 0 Å². The molecule has 1 aliphatic carbocycles. The standard InChI is InChI=1S/C12H18.C10H20/c1-3-5-8-12-10-7-6-9-11(12)4-2;1-3-4-7-10-8-5-6-9(10)2/h6-7,9-10H,3-5,8H2,1-2H3;9-10H,3-8H2,1-2H3/t;9-,10?/m.0/s1.